The number of carbonyl (C=O) groups excluding carboxylic acids is 1. The molecule has 1 rings (SSSR count). The van der Waals surface area contributed by atoms with E-state index in [0.29, 0.717) is 0 Å². The van der Waals surface area contributed by atoms with Gasteiger partial charge in [-0.3, -0.25) is 4.79 Å². The highest BCUT2D eigenvalue weighted by molar-refractivity contribution is 9.10. The van der Waals surface area contributed by atoms with Gasteiger partial charge in [-0.15, -0.1) is 0 Å². The Morgan fingerprint density at radius 2 is 1.79 bits per heavy atom. The molecule has 0 spiro atoms. The standard InChI is InChI=1S/C13H17BrN2O3/c1-8(7-12(17)18)15-13(19)16-9(2)10-3-5-11(14)6-4-10/h3-6,8-9H,7H2,1-2H3,(H,17,18)(H2,15,16,19). The number of carboxylic acids is 1. The van der Waals surface area contributed by atoms with Gasteiger partial charge in [-0.1, -0.05) is 28.1 Å². The van der Waals surface area contributed by atoms with Crippen molar-refractivity contribution in [2.24, 2.45) is 0 Å². The lowest BCUT2D eigenvalue weighted by atomic mass is 10.1. The van der Waals surface area contributed by atoms with Crippen molar-refractivity contribution in [3.8, 4) is 0 Å². The van der Waals surface area contributed by atoms with Crippen LogP contribution in [0.3, 0.4) is 0 Å². The van der Waals surface area contributed by atoms with Crippen molar-refractivity contribution in [3.05, 3.63) is 34.3 Å². The monoisotopic (exact) mass is 328 g/mol. The number of benzene rings is 1. The molecule has 1 aromatic rings. The van der Waals surface area contributed by atoms with Crippen LogP contribution in [-0.2, 0) is 4.79 Å². The summed E-state index contributed by atoms with van der Waals surface area (Å²) in [5.41, 5.74) is 0.976. The van der Waals surface area contributed by atoms with Crippen LogP contribution in [0.4, 0.5) is 4.79 Å². The second-order valence-corrected chi connectivity index (χ2v) is 5.31. The Hall–Kier alpha value is -1.56. The van der Waals surface area contributed by atoms with Crippen molar-refractivity contribution >= 4 is 27.9 Å². The lowest BCUT2D eigenvalue weighted by Gasteiger charge is -2.17. The number of carboxylic acid groups (broad SMARTS) is 1. The van der Waals surface area contributed by atoms with Crippen molar-refractivity contribution in [2.45, 2.75) is 32.4 Å². The Balaban J connectivity index is 2.47. The summed E-state index contributed by atoms with van der Waals surface area (Å²) in [6, 6.07) is 6.70. The minimum atomic E-state index is -0.936. The molecule has 2 atom stereocenters. The average molecular weight is 329 g/mol. The van der Waals surface area contributed by atoms with Crippen LogP contribution in [-0.4, -0.2) is 23.1 Å². The third-order valence-corrected chi connectivity index (χ3v) is 3.10. The van der Waals surface area contributed by atoms with Gasteiger partial charge in [0.2, 0.25) is 0 Å². The zero-order valence-corrected chi connectivity index (χ0v) is 12.4. The molecule has 2 unspecified atom stereocenters. The molecule has 19 heavy (non-hydrogen) atoms. The summed E-state index contributed by atoms with van der Waals surface area (Å²) < 4.78 is 0.975. The summed E-state index contributed by atoms with van der Waals surface area (Å²) >= 11 is 3.35. The minimum absolute atomic E-state index is 0.0971. The van der Waals surface area contributed by atoms with E-state index in [4.69, 9.17) is 5.11 Å². The third kappa shape index (κ3) is 5.74. The number of carbonyl (C=O) groups is 2. The minimum Gasteiger partial charge on any atom is -0.481 e. The van der Waals surface area contributed by atoms with Crippen molar-refractivity contribution in [1.82, 2.24) is 10.6 Å². The summed E-state index contributed by atoms with van der Waals surface area (Å²) in [6.45, 7) is 3.52. The predicted octanol–water partition coefficient (Wildman–Crippen LogP) is 2.67. The fourth-order valence-electron chi connectivity index (χ4n) is 1.61. The molecule has 0 aliphatic heterocycles. The van der Waals surface area contributed by atoms with E-state index in [0.717, 1.165) is 10.0 Å². The zero-order chi connectivity index (χ0) is 14.4. The van der Waals surface area contributed by atoms with Crippen LogP contribution in [0.5, 0.6) is 0 Å². The highest BCUT2D eigenvalue weighted by Crippen LogP contribution is 2.16. The van der Waals surface area contributed by atoms with Crippen LogP contribution < -0.4 is 10.6 Å². The summed E-state index contributed by atoms with van der Waals surface area (Å²) in [6.07, 6.45) is -0.0971. The average Bonchev–Trinajstić information content (AvgIpc) is 2.27. The van der Waals surface area contributed by atoms with Crippen LogP contribution in [0.15, 0.2) is 28.7 Å². The first-order valence-corrected chi connectivity index (χ1v) is 6.72. The molecule has 0 saturated heterocycles. The maximum atomic E-state index is 11.7. The molecule has 2 amide bonds. The van der Waals surface area contributed by atoms with E-state index in [2.05, 4.69) is 26.6 Å². The Kier molecular flexibility index (Phi) is 5.82. The van der Waals surface area contributed by atoms with E-state index in [1.165, 1.54) is 0 Å². The SMILES string of the molecule is CC(CC(=O)O)NC(=O)NC(C)c1ccc(Br)cc1. The quantitative estimate of drug-likeness (QED) is 0.777. The molecule has 3 N–H and O–H groups in total. The lowest BCUT2D eigenvalue weighted by molar-refractivity contribution is -0.137. The van der Waals surface area contributed by atoms with E-state index >= 15 is 0 Å². The van der Waals surface area contributed by atoms with E-state index in [1.54, 1.807) is 6.92 Å². The van der Waals surface area contributed by atoms with E-state index in [9.17, 15) is 9.59 Å². The molecule has 1 aromatic carbocycles. The van der Waals surface area contributed by atoms with Crippen LogP contribution in [0.2, 0.25) is 0 Å². The second kappa shape index (κ2) is 7.13. The summed E-state index contributed by atoms with van der Waals surface area (Å²) in [5.74, 6) is -0.936. The summed E-state index contributed by atoms with van der Waals surface area (Å²) in [7, 11) is 0. The Labute approximate surface area is 120 Å². The zero-order valence-electron chi connectivity index (χ0n) is 10.8. The molecule has 5 nitrogen and oxygen atoms in total. The van der Waals surface area contributed by atoms with Crippen LogP contribution >= 0.6 is 15.9 Å². The molecule has 0 heterocycles. The molecule has 6 heteroatoms. The molecular weight excluding hydrogens is 312 g/mol. The number of urea groups is 1. The topological polar surface area (TPSA) is 78.4 Å². The normalized spacial score (nSPS) is 13.4. The van der Waals surface area contributed by atoms with Crippen molar-refractivity contribution < 1.29 is 14.7 Å². The van der Waals surface area contributed by atoms with Gasteiger partial charge in [-0.25, -0.2) is 4.79 Å². The van der Waals surface area contributed by atoms with Crippen molar-refractivity contribution in [1.29, 1.82) is 0 Å². The molecule has 0 bridgehead atoms. The van der Waals surface area contributed by atoms with Crippen LogP contribution in [0.1, 0.15) is 31.9 Å². The summed E-state index contributed by atoms with van der Waals surface area (Å²) in [4.78, 5) is 22.2. The van der Waals surface area contributed by atoms with E-state index in [1.807, 2.05) is 31.2 Å². The first kappa shape index (κ1) is 15.5. The third-order valence-electron chi connectivity index (χ3n) is 2.58. The largest absolute Gasteiger partial charge is 0.481 e. The number of rotatable bonds is 5. The van der Waals surface area contributed by atoms with Crippen molar-refractivity contribution in [3.63, 3.8) is 0 Å². The first-order chi connectivity index (χ1) is 8.88. The first-order valence-electron chi connectivity index (χ1n) is 5.92. The molecule has 0 aliphatic rings. The number of nitrogens with one attached hydrogen (secondary N) is 2. The molecular formula is C13H17BrN2O3. The molecule has 0 fully saturated rings. The number of aliphatic carboxylic acids is 1. The number of amides is 2. The van der Waals surface area contributed by atoms with Gasteiger partial charge in [0, 0.05) is 10.5 Å². The molecule has 104 valence electrons. The number of hydrogen-bond donors (Lipinski definition) is 3. The fraction of sp³-hybridized carbons (Fsp3) is 0.385. The second-order valence-electron chi connectivity index (χ2n) is 4.39. The van der Waals surface area contributed by atoms with E-state index in [-0.39, 0.29) is 18.5 Å². The predicted molar refractivity (Wildman–Crippen MR) is 75.9 cm³/mol. The Morgan fingerprint density at radius 3 is 2.32 bits per heavy atom. The van der Waals surface area contributed by atoms with Crippen molar-refractivity contribution in [2.75, 3.05) is 0 Å². The number of hydrogen-bond acceptors (Lipinski definition) is 2. The maximum Gasteiger partial charge on any atom is 0.315 e. The van der Waals surface area contributed by atoms with Gasteiger partial charge in [0.1, 0.15) is 0 Å². The van der Waals surface area contributed by atoms with Crippen LogP contribution in [0.25, 0.3) is 0 Å². The highest BCUT2D eigenvalue weighted by Gasteiger charge is 2.13. The molecule has 0 aromatic heterocycles. The smallest absolute Gasteiger partial charge is 0.315 e. The molecule has 0 radical (unpaired) electrons. The Bertz CT molecular complexity index is 448. The lowest BCUT2D eigenvalue weighted by Crippen LogP contribution is -2.42. The van der Waals surface area contributed by atoms with Gasteiger partial charge in [0.05, 0.1) is 12.5 Å². The van der Waals surface area contributed by atoms with Gasteiger partial charge >= 0.3 is 12.0 Å². The molecule has 0 aliphatic carbocycles. The number of halogens is 1. The maximum absolute atomic E-state index is 11.7. The van der Waals surface area contributed by atoms with E-state index < -0.39 is 12.0 Å². The Morgan fingerprint density at radius 1 is 1.21 bits per heavy atom. The van der Waals surface area contributed by atoms with Gasteiger partial charge in [0.15, 0.2) is 0 Å². The van der Waals surface area contributed by atoms with Gasteiger partial charge in [0.25, 0.3) is 0 Å². The highest BCUT2D eigenvalue weighted by atomic mass is 79.9. The molecule has 0 saturated carbocycles. The van der Waals surface area contributed by atoms with Gasteiger partial charge < -0.3 is 15.7 Å². The van der Waals surface area contributed by atoms with Gasteiger partial charge in [-0.2, -0.15) is 0 Å². The van der Waals surface area contributed by atoms with Crippen LogP contribution in [0, 0.1) is 0 Å². The fourth-order valence-corrected chi connectivity index (χ4v) is 1.87. The van der Waals surface area contributed by atoms with Gasteiger partial charge in [-0.05, 0) is 31.5 Å². The summed E-state index contributed by atoms with van der Waals surface area (Å²) in [5, 5.41) is 14.0.